The minimum absolute atomic E-state index is 0.163. The van der Waals surface area contributed by atoms with Crippen molar-refractivity contribution < 1.29 is 20.4 Å². The predicted molar refractivity (Wildman–Crippen MR) is 70.0 cm³/mol. The normalized spacial score (nSPS) is 14.6. The number of hydrogen-bond acceptors (Lipinski definition) is 4. The molecule has 4 N–H and O–H groups in total. The van der Waals surface area contributed by atoms with Gasteiger partial charge in [0.05, 0.1) is 12.2 Å². The zero-order chi connectivity index (χ0) is 14.1. The zero-order valence-electron chi connectivity index (χ0n) is 11.4. The molecule has 0 spiro atoms. The predicted octanol–water partition coefficient (Wildman–Crippen LogP) is 1.70. The first kappa shape index (κ1) is 14.8. The molecule has 4 heteroatoms. The van der Waals surface area contributed by atoms with Crippen molar-refractivity contribution in [1.29, 1.82) is 0 Å². The molecule has 1 rings (SSSR count). The van der Waals surface area contributed by atoms with Crippen LogP contribution in [-0.4, -0.2) is 32.6 Å². The van der Waals surface area contributed by atoms with Crippen molar-refractivity contribution in [3.63, 3.8) is 0 Å². The van der Waals surface area contributed by atoms with Gasteiger partial charge in [-0.05, 0) is 57.2 Å². The van der Waals surface area contributed by atoms with Crippen LogP contribution in [0.25, 0.3) is 0 Å². The van der Waals surface area contributed by atoms with Crippen molar-refractivity contribution in [2.45, 2.75) is 46.1 Å². The van der Waals surface area contributed by atoms with E-state index in [2.05, 4.69) is 0 Å². The number of aromatic hydroxyl groups is 2. The topological polar surface area (TPSA) is 80.9 Å². The zero-order valence-corrected chi connectivity index (χ0v) is 11.4. The fourth-order valence-electron chi connectivity index (χ4n) is 1.96. The van der Waals surface area contributed by atoms with Crippen molar-refractivity contribution in [2.75, 3.05) is 6.61 Å². The lowest BCUT2D eigenvalue weighted by Gasteiger charge is -2.22. The highest BCUT2D eigenvalue weighted by atomic mass is 16.3. The second-order valence-corrected chi connectivity index (χ2v) is 5.21. The molecular weight excluding hydrogens is 232 g/mol. The van der Waals surface area contributed by atoms with Gasteiger partial charge in [0.15, 0.2) is 0 Å². The molecule has 0 heterocycles. The third-order valence-electron chi connectivity index (χ3n) is 3.62. The molecule has 1 aromatic carbocycles. The number of rotatable bonds is 4. The number of aliphatic hydroxyl groups is 2. The molecule has 0 saturated carbocycles. The monoisotopic (exact) mass is 254 g/mol. The fraction of sp³-hybridized carbons (Fsp3) is 0.571. The Morgan fingerprint density at radius 1 is 0.944 bits per heavy atom. The van der Waals surface area contributed by atoms with Gasteiger partial charge in [0.25, 0.3) is 0 Å². The standard InChI is InChI=1S/C14H22O4/c1-8-9(2)13(17)11(10(3)12(8)16)5-6-14(4,18)7-15/h15-18H,5-7H2,1-4H3. The van der Waals surface area contributed by atoms with E-state index in [0.29, 0.717) is 35.1 Å². The van der Waals surface area contributed by atoms with Crippen LogP contribution in [0.4, 0.5) is 0 Å². The average Bonchev–Trinajstić information content (AvgIpc) is 2.34. The molecule has 0 saturated heterocycles. The number of benzene rings is 1. The van der Waals surface area contributed by atoms with Crippen LogP contribution in [-0.2, 0) is 6.42 Å². The second kappa shape index (κ2) is 5.16. The maximum atomic E-state index is 10.1. The van der Waals surface area contributed by atoms with Gasteiger partial charge in [0.1, 0.15) is 11.5 Å². The molecule has 4 nitrogen and oxygen atoms in total. The van der Waals surface area contributed by atoms with Crippen LogP contribution in [0.1, 0.15) is 35.6 Å². The largest absolute Gasteiger partial charge is 0.507 e. The summed E-state index contributed by atoms with van der Waals surface area (Å²) in [5.41, 5.74) is 1.40. The summed E-state index contributed by atoms with van der Waals surface area (Å²) >= 11 is 0. The van der Waals surface area contributed by atoms with Gasteiger partial charge in [-0.1, -0.05) is 0 Å². The Morgan fingerprint density at radius 3 is 1.94 bits per heavy atom. The fourth-order valence-corrected chi connectivity index (χ4v) is 1.96. The smallest absolute Gasteiger partial charge is 0.122 e. The molecule has 0 aliphatic heterocycles. The van der Waals surface area contributed by atoms with Crippen molar-refractivity contribution >= 4 is 0 Å². The van der Waals surface area contributed by atoms with Crippen molar-refractivity contribution in [1.82, 2.24) is 0 Å². The summed E-state index contributed by atoms with van der Waals surface area (Å²) in [6.07, 6.45) is 0.722. The quantitative estimate of drug-likeness (QED) is 0.616. The first-order valence-electron chi connectivity index (χ1n) is 6.05. The summed E-state index contributed by atoms with van der Waals surface area (Å²) in [6.45, 7) is 6.46. The highest BCUT2D eigenvalue weighted by molar-refractivity contribution is 5.56. The Kier molecular flexibility index (Phi) is 4.24. The molecule has 102 valence electrons. The Labute approximate surface area is 108 Å². The van der Waals surface area contributed by atoms with Gasteiger partial charge in [-0.2, -0.15) is 0 Å². The lowest BCUT2D eigenvalue weighted by atomic mass is 9.91. The third kappa shape index (κ3) is 2.76. The van der Waals surface area contributed by atoms with E-state index in [0.717, 1.165) is 0 Å². The molecule has 0 fully saturated rings. The molecule has 0 aromatic heterocycles. The molecular formula is C14H22O4. The molecule has 18 heavy (non-hydrogen) atoms. The van der Waals surface area contributed by atoms with Gasteiger partial charge in [-0.3, -0.25) is 0 Å². The van der Waals surface area contributed by atoms with E-state index in [1.807, 2.05) is 0 Å². The Bertz CT molecular complexity index is 421. The van der Waals surface area contributed by atoms with E-state index >= 15 is 0 Å². The van der Waals surface area contributed by atoms with Crippen LogP contribution in [0.5, 0.6) is 11.5 Å². The van der Waals surface area contributed by atoms with Crippen LogP contribution >= 0.6 is 0 Å². The van der Waals surface area contributed by atoms with Crippen LogP contribution in [0.2, 0.25) is 0 Å². The van der Waals surface area contributed by atoms with Gasteiger partial charge in [0.2, 0.25) is 0 Å². The summed E-state index contributed by atoms with van der Waals surface area (Å²) in [7, 11) is 0. The van der Waals surface area contributed by atoms with Gasteiger partial charge < -0.3 is 20.4 Å². The van der Waals surface area contributed by atoms with Crippen LogP contribution in [0, 0.1) is 20.8 Å². The molecule has 0 radical (unpaired) electrons. The van der Waals surface area contributed by atoms with E-state index < -0.39 is 5.60 Å². The van der Waals surface area contributed by atoms with E-state index in [4.69, 9.17) is 5.11 Å². The van der Waals surface area contributed by atoms with Gasteiger partial charge in [-0.15, -0.1) is 0 Å². The SMILES string of the molecule is Cc1c(C)c(O)c(CCC(C)(O)CO)c(C)c1O. The molecule has 1 unspecified atom stereocenters. The Morgan fingerprint density at radius 2 is 1.44 bits per heavy atom. The van der Waals surface area contributed by atoms with E-state index in [1.165, 1.54) is 0 Å². The van der Waals surface area contributed by atoms with Crippen LogP contribution in [0.3, 0.4) is 0 Å². The lowest BCUT2D eigenvalue weighted by Crippen LogP contribution is -2.29. The van der Waals surface area contributed by atoms with Gasteiger partial charge in [-0.25, -0.2) is 0 Å². The minimum atomic E-state index is -1.17. The highest BCUT2D eigenvalue weighted by Crippen LogP contribution is 2.37. The van der Waals surface area contributed by atoms with E-state index in [1.54, 1.807) is 27.7 Å². The molecule has 0 aliphatic rings. The second-order valence-electron chi connectivity index (χ2n) is 5.21. The van der Waals surface area contributed by atoms with E-state index in [9.17, 15) is 15.3 Å². The Balaban J connectivity index is 3.11. The third-order valence-corrected chi connectivity index (χ3v) is 3.62. The summed E-state index contributed by atoms with van der Waals surface area (Å²) in [4.78, 5) is 0. The number of aliphatic hydroxyl groups excluding tert-OH is 1. The number of phenolic OH excluding ortho intramolecular Hbond substituents is 2. The first-order valence-corrected chi connectivity index (χ1v) is 6.05. The molecule has 1 aromatic rings. The van der Waals surface area contributed by atoms with Crippen LogP contribution in [0.15, 0.2) is 0 Å². The highest BCUT2D eigenvalue weighted by Gasteiger charge is 2.22. The minimum Gasteiger partial charge on any atom is -0.507 e. The first-order chi connectivity index (χ1) is 8.21. The Hall–Kier alpha value is -1.26. The average molecular weight is 254 g/mol. The van der Waals surface area contributed by atoms with Crippen LogP contribution < -0.4 is 0 Å². The van der Waals surface area contributed by atoms with Crippen molar-refractivity contribution in [3.05, 3.63) is 22.3 Å². The maximum Gasteiger partial charge on any atom is 0.122 e. The summed E-state index contributed by atoms with van der Waals surface area (Å²) in [5.74, 6) is 0.348. The number of hydrogen-bond donors (Lipinski definition) is 4. The summed E-state index contributed by atoms with van der Waals surface area (Å²) in [5, 5.41) is 38.8. The summed E-state index contributed by atoms with van der Waals surface area (Å²) in [6, 6.07) is 0. The van der Waals surface area contributed by atoms with E-state index in [-0.39, 0.29) is 18.1 Å². The van der Waals surface area contributed by atoms with Crippen molar-refractivity contribution in [2.24, 2.45) is 0 Å². The molecule has 0 aliphatic carbocycles. The molecule has 0 bridgehead atoms. The summed E-state index contributed by atoms with van der Waals surface area (Å²) < 4.78 is 0. The molecule has 1 atom stereocenters. The van der Waals surface area contributed by atoms with Gasteiger partial charge >= 0.3 is 0 Å². The lowest BCUT2D eigenvalue weighted by molar-refractivity contribution is -0.00485. The maximum absolute atomic E-state index is 10.1. The molecule has 0 amide bonds. The van der Waals surface area contributed by atoms with Crippen molar-refractivity contribution in [3.8, 4) is 11.5 Å². The number of phenols is 2. The van der Waals surface area contributed by atoms with Gasteiger partial charge in [0, 0.05) is 5.56 Å².